The van der Waals surface area contributed by atoms with Gasteiger partial charge in [0.2, 0.25) is 5.91 Å². The zero-order chi connectivity index (χ0) is 15.5. The molecule has 0 radical (unpaired) electrons. The third kappa shape index (κ3) is 2.73. The second-order valence-electron chi connectivity index (χ2n) is 5.64. The van der Waals surface area contributed by atoms with E-state index in [4.69, 9.17) is 4.74 Å². The minimum absolute atomic E-state index is 0.0821. The van der Waals surface area contributed by atoms with Crippen molar-refractivity contribution in [2.24, 2.45) is 0 Å². The van der Waals surface area contributed by atoms with Gasteiger partial charge < -0.3 is 14.2 Å². The van der Waals surface area contributed by atoms with E-state index in [1.54, 1.807) is 6.20 Å². The number of nitrogens with zero attached hydrogens (tertiary/aromatic N) is 3. The Bertz CT molecular complexity index is 655. The Morgan fingerprint density at radius 1 is 1.45 bits per heavy atom. The van der Waals surface area contributed by atoms with Crippen LogP contribution in [0.2, 0.25) is 0 Å². The van der Waals surface area contributed by atoms with Crippen molar-refractivity contribution < 1.29 is 9.53 Å². The Morgan fingerprint density at radius 2 is 2.27 bits per heavy atom. The number of carbonyl (C=O) groups excluding carboxylic acids is 1. The lowest BCUT2D eigenvalue weighted by molar-refractivity contribution is -0.131. The molecule has 1 amide bonds. The first-order chi connectivity index (χ1) is 10.7. The van der Waals surface area contributed by atoms with Crippen molar-refractivity contribution in [1.82, 2.24) is 14.5 Å². The molecule has 1 fully saturated rings. The van der Waals surface area contributed by atoms with Crippen molar-refractivity contribution in [1.29, 1.82) is 0 Å². The molecular weight excluding hydrogens is 278 g/mol. The van der Waals surface area contributed by atoms with Crippen molar-refractivity contribution in [3.8, 4) is 0 Å². The minimum Gasteiger partial charge on any atom is -0.372 e. The minimum atomic E-state index is 0.0821. The smallest absolute Gasteiger partial charge is 0.242 e. The summed E-state index contributed by atoms with van der Waals surface area (Å²) >= 11 is 0. The van der Waals surface area contributed by atoms with Gasteiger partial charge in [0, 0.05) is 37.0 Å². The molecule has 2 aromatic rings. The molecule has 22 heavy (non-hydrogen) atoms. The van der Waals surface area contributed by atoms with Crippen molar-refractivity contribution in [2.75, 3.05) is 19.7 Å². The van der Waals surface area contributed by atoms with Gasteiger partial charge in [0.25, 0.3) is 0 Å². The number of likely N-dealkylation sites (N-methyl/N-ethyl adjacent to an activating group) is 1. The lowest BCUT2D eigenvalue weighted by Gasteiger charge is -2.21. The van der Waals surface area contributed by atoms with Crippen LogP contribution in [0.3, 0.4) is 0 Å². The van der Waals surface area contributed by atoms with Gasteiger partial charge in [-0.15, -0.1) is 0 Å². The van der Waals surface area contributed by atoms with E-state index in [1.165, 1.54) is 0 Å². The normalized spacial score (nSPS) is 18.0. The number of carbonyl (C=O) groups is 1. The summed E-state index contributed by atoms with van der Waals surface area (Å²) in [6.45, 7) is 6.61. The number of hydrogen-bond acceptors (Lipinski definition) is 3. The fraction of sp³-hybridized carbons (Fsp3) is 0.529. The molecule has 1 atom stereocenters. The molecule has 0 bridgehead atoms. The van der Waals surface area contributed by atoms with Crippen LogP contribution in [0.1, 0.15) is 38.5 Å². The third-order valence-corrected chi connectivity index (χ3v) is 4.36. The van der Waals surface area contributed by atoms with Crippen molar-refractivity contribution in [2.45, 2.75) is 39.3 Å². The molecule has 3 rings (SSSR count). The highest BCUT2D eigenvalue weighted by molar-refractivity contribution is 5.82. The maximum Gasteiger partial charge on any atom is 0.242 e. The highest BCUT2D eigenvalue weighted by Gasteiger charge is 2.24. The van der Waals surface area contributed by atoms with E-state index in [0.717, 1.165) is 49.3 Å². The van der Waals surface area contributed by atoms with Crippen LogP contribution in [0.4, 0.5) is 0 Å². The van der Waals surface area contributed by atoms with E-state index in [-0.39, 0.29) is 12.0 Å². The summed E-state index contributed by atoms with van der Waals surface area (Å²) in [6.07, 6.45) is 3.94. The standard InChI is InChI=1S/C17H23N3O2/c1-3-19(4-2)16(21)12-20-14(15-8-6-10-22-15)11-13-7-5-9-18-17(13)20/h5,7,9,11,15H,3-4,6,8,10,12H2,1-2H3/t15-/m1/s1. The fourth-order valence-corrected chi connectivity index (χ4v) is 3.16. The van der Waals surface area contributed by atoms with Gasteiger partial charge in [-0.25, -0.2) is 4.98 Å². The molecule has 0 aromatic carbocycles. The van der Waals surface area contributed by atoms with E-state index in [9.17, 15) is 4.79 Å². The SMILES string of the molecule is CCN(CC)C(=O)Cn1c([C@H]2CCCO2)cc2cccnc21. The van der Waals surface area contributed by atoms with Crippen LogP contribution in [-0.2, 0) is 16.1 Å². The summed E-state index contributed by atoms with van der Waals surface area (Å²) < 4.78 is 7.86. The number of fused-ring (bicyclic) bond motifs is 1. The van der Waals surface area contributed by atoms with Crippen molar-refractivity contribution in [3.05, 3.63) is 30.1 Å². The number of aromatic nitrogens is 2. The van der Waals surface area contributed by atoms with Crippen molar-refractivity contribution in [3.63, 3.8) is 0 Å². The molecule has 118 valence electrons. The highest BCUT2D eigenvalue weighted by Crippen LogP contribution is 2.32. The molecule has 0 spiro atoms. The Morgan fingerprint density at radius 3 is 2.95 bits per heavy atom. The largest absolute Gasteiger partial charge is 0.372 e. The van der Waals surface area contributed by atoms with E-state index < -0.39 is 0 Å². The van der Waals surface area contributed by atoms with Gasteiger partial charge in [0.15, 0.2) is 0 Å². The predicted octanol–water partition coefficient (Wildman–Crippen LogP) is 2.76. The third-order valence-electron chi connectivity index (χ3n) is 4.36. The topological polar surface area (TPSA) is 47.4 Å². The van der Waals surface area contributed by atoms with Crippen LogP contribution in [0.25, 0.3) is 11.0 Å². The Labute approximate surface area is 130 Å². The van der Waals surface area contributed by atoms with E-state index in [1.807, 2.05) is 35.4 Å². The van der Waals surface area contributed by atoms with Gasteiger partial charge in [-0.05, 0) is 44.9 Å². The molecule has 2 aromatic heterocycles. The van der Waals surface area contributed by atoms with Gasteiger partial charge in [0.05, 0.1) is 6.10 Å². The lowest BCUT2D eigenvalue weighted by atomic mass is 10.2. The van der Waals surface area contributed by atoms with Crippen LogP contribution < -0.4 is 0 Å². The van der Waals surface area contributed by atoms with Gasteiger partial charge in [-0.2, -0.15) is 0 Å². The predicted molar refractivity (Wildman–Crippen MR) is 85.6 cm³/mol. The lowest BCUT2D eigenvalue weighted by Crippen LogP contribution is -2.34. The van der Waals surface area contributed by atoms with Crippen LogP contribution in [0.5, 0.6) is 0 Å². The molecular formula is C17H23N3O2. The number of pyridine rings is 1. The fourth-order valence-electron chi connectivity index (χ4n) is 3.16. The van der Waals surface area contributed by atoms with Gasteiger partial charge in [0.1, 0.15) is 12.2 Å². The van der Waals surface area contributed by atoms with Crippen LogP contribution in [-0.4, -0.2) is 40.1 Å². The maximum absolute atomic E-state index is 12.5. The molecule has 1 aliphatic heterocycles. The Hall–Kier alpha value is -1.88. The average Bonchev–Trinajstić information content (AvgIpc) is 3.16. The molecule has 1 saturated heterocycles. The number of hydrogen-bond donors (Lipinski definition) is 0. The monoisotopic (exact) mass is 301 g/mol. The van der Waals surface area contributed by atoms with Crippen LogP contribution in [0.15, 0.2) is 24.4 Å². The molecule has 0 N–H and O–H groups in total. The summed E-state index contributed by atoms with van der Waals surface area (Å²) in [5.41, 5.74) is 1.94. The highest BCUT2D eigenvalue weighted by atomic mass is 16.5. The number of ether oxygens (including phenoxy) is 1. The van der Waals surface area contributed by atoms with Crippen molar-refractivity contribution >= 4 is 16.9 Å². The van der Waals surface area contributed by atoms with E-state index in [0.29, 0.717) is 6.54 Å². The molecule has 0 saturated carbocycles. The summed E-state index contributed by atoms with van der Waals surface area (Å²) in [7, 11) is 0. The van der Waals surface area contributed by atoms with Gasteiger partial charge in [-0.1, -0.05) is 0 Å². The zero-order valence-corrected chi connectivity index (χ0v) is 13.3. The van der Waals surface area contributed by atoms with Crippen LogP contribution >= 0.6 is 0 Å². The Balaban J connectivity index is 1.98. The molecule has 1 aliphatic rings. The van der Waals surface area contributed by atoms with E-state index in [2.05, 4.69) is 11.1 Å². The number of amides is 1. The molecule has 3 heterocycles. The molecule has 0 aliphatic carbocycles. The Kier molecular flexibility index (Phi) is 4.43. The second kappa shape index (κ2) is 6.48. The molecule has 5 nitrogen and oxygen atoms in total. The molecule has 5 heteroatoms. The van der Waals surface area contributed by atoms with E-state index >= 15 is 0 Å². The van der Waals surface area contributed by atoms with Gasteiger partial charge >= 0.3 is 0 Å². The van der Waals surface area contributed by atoms with Gasteiger partial charge in [-0.3, -0.25) is 4.79 Å². The zero-order valence-electron chi connectivity index (χ0n) is 13.3. The van der Waals surface area contributed by atoms with Crippen LogP contribution in [0, 0.1) is 0 Å². The first kappa shape index (κ1) is 15.0. The molecule has 0 unspecified atom stereocenters. The first-order valence-electron chi connectivity index (χ1n) is 8.08. The summed E-state index contributed by atoms with van der Waals surface area (Å²) in [5, 5.41) is 1.07. The summed E-state index contributed by atoms with van der Waals surface area (Å²) in [4.78, 5) is 18.8. The average molecular weight is 301 g/mol. The maximum atomic E-state index is 12.5. The number of rotatable bonds is 5. The quantitative estimate of drug-likeness (QED) is 0.853. The summed E-state index contributed by atoms with van der Waals surface area (Å²) in [6, 6.07) is 6.09. The summed E-state index contributed by atoms with van der Waals surface area (Å²) in [5.74, 6) is 0.132. The second-order valence-corrected chi connectivity index (χ2v) is 5.64. The first-order valence-corrected chi connectivity index (χ1v) is 8.08.